The summed E-state index contributed by atoms with van der Waals surface area (Å²) in [7, 11) is 1.85. The fourth-order valence-electron chi connectivity index (χ4n) is 3.93. The van der Waals surface area contributed by atoms with Crippen LogP contribution in [-0.4, -0.2) is 67.4 Å². The number of ether oxygens (including phenoxy) is 1. The summed E-state index contributed by atoms with van der Waals surface area (Å²) in [4.78, 5) is 21.5. The molecule has 1 amide bonds. The average molecular weight is 422 g/mol. The van der Waals surface area contributed by atoms with Crippen molar-refractivity contribution in [2.75, 3.05) is 51.3 Å². The molecule has 0 spiro atoms. The zero-order valence-corrected chi connectivity index (χ0v) is 17.7. The maximum absolute atomic E-state index is 13.0. The molecule has 1 N–H and O–H groups in total. The smallest absolute Gasteiger partial charge is 0.231 e. The zero-order valence-electron chi connectivity index (χ0n) is 16.8. The van der Waals surface area contributed by atoms with Crippen molar-refractivity contribution in [2.45, 2.75) is 19.4 Å². The fraction of sp³-hybridized carbons (Fsp3) is 0.550. The second-order valence-electron chi connectivity index (χ2n) is 7.51. The van der Waals surface area contributed by atoms with Crippen LogP contribution in [-0.2, 0) is 16.1 Å². The summed E-state index contributed by atoms with van der Waals surface area (Å²) in [6, 6.07) is 8.45. The van der Waals surface area contributed by atoms with Gasteiger partial charge in [0.1, 0.15) is 0 Å². The lowest BCUT2D eigenvalue weighted by molar-refractivity contribution is -0.134. The molecule has 1 aromatic heterocycles. The molecule has 158 valence electrons. The topological polar surface area (TPSA) is 83.7 Å². The molecule has 2 saturated heterocycles. The number of rotatable bonds is 5. The molecule has 0 saturated carbocycles. The summed E-state index contributed by atoms with van der Waals surface area (Å²) in [5, 5.41) is 7.15. The van der Waals surface area contributed by atoms with Gasteiger partial charge in [0.2, 0.25) is 11.8 Å². The second-order valence-corrected chi connectivity index (χ2v) is 7.51. The van der Waals surface area contributed by atoms with E-state index in [4.69, 9.17) is 9.26 Å². The van der Waals surface area contributed by atoms with Crippen molar-refractivity contribution < 1.29 is 14.1 Å². The number of hydrogen-bond donors (Lipinski definition) is 1. The normalized spacial score (nSPS) is 21.7. The lowest BCUT2D eigenvalue weighted by Gasteiger charge is -2.29. The van der Waals surface area contributed by atoms with Crippen LogP contribution in [0.25, 0.3) is 0 Å². The first-order chi connectivity index (χ1) is 13.6. The first kappa shape index (κ1) is 21.5. The van der Waals surface area contributed by atoms with Gasteiger partial charge < -0.3 is 24.4 Å². The lowest BCUT2D eigenvalue weighted by Crippen LogP contribution is -2.36. The van der Waals surface area contributed by atoms with Crippen molar-refractivity contribution in [3.8, 4) is 0 Å². The number of hydrogen-bond acceptors (Lipinski definition) is 7. The molecule has 3 heterocycles. The highest BCUT2D eigenvalue weighted by Gasteiger charge is 2.38. The number of anilines is 1. The van der Waals surface area contributed by atoms with Crippen LogP contribution in [0.4, 0.5) is 5.69 Å². The molecule has 4 rings (SSSR count). The number of carbonyl (C=O) groups is 1. The average Bonchev–Trinajstić information content (AvgIpc) is 3.37. The van der Waals surface area contributed by atoms with Gasteiger partial charge >= 0.3 is 0 Å². The Morgan fingerprint density at radius 3 is 2.62 bits per heavy atom. The van der Waals surface area contributed by atoms with E-state index in [2.05, 4.69) is 44.6 Å². The molecule has 1 aromatic carbocycles. The predicted octanol–water partition coefficient (Wildman–Crippen LogP) is 1.60. The van der Waals surface area contributed by atoms with Crippen molar-refractivity contribution in [3.63, 3.8) is 0 Å². The van der Waals surface area contributed by atoms with Gasteiger partial charge in [0.25, 0.3) is 0 Å². The zero-order chi connectivity index (χ0) is 19.5. The fourth-order valence-corrected chi connectivity index (χ4v) is 3.93. The van der Waals surface area contributed by atoms with E-state index in [0.29, 0.717) is 31.3 Å². The van der Waals surface area contributed by atoms with Crippen molar-refractivity contribution in [1.82, 2.24) is 20.4 Å². The van der Waals surface area contributed by atoms with Gasteiger partial charge in [-0.05, 0) is 24.6 Å². The van der Waals surface area contributed by atoms with E-state index in [-0.39, 0.29) is 30.2 Å². The van der Waals surface area contributed by atoms with Gasteiger partial charge in [-0.2, -0.15) is 4.98 Å². The summed E-state index contributed by atoms with van der Waals surface area (Å²) < 4.78 is 10.7. The highest BCUT2D eigenvalue weighted by molar-refractivity contribution is 5.85. The molecule has 9 heteroatoms. The largest absolute Gasteiger partial charge is 0.378 e. The third kappa shape index (κ3) is 4.88. The van der Waals surface area contributed by atoms with Crippen LogP contribution in [0.2, 0.25) is 0 Å². The van der Waals surface area contributed by atoms with E-state index in [9.17, 15) is 4.79 Å². The summed E-state index contributed by atoms with van der Waals surface area (Å²) in [6.45, 7) is 7.06. The van der Waals surface area contributed by atoms with Crippen molar-refractivity contribution >= 4 is 24.0 Å². The third-order valence-electron chi connectivity index (χ3n) is 5.50. The molecule has 2 aromatic rings. The number of carbonyl (C=O) groups excluding carboxylic acids is 1. The Morgan fingerprint density at radius 1 is 1.24 bits per heavy atom. The molecular weight excluding hydrogens is 394 g/mol. The first-order valence-electron chi connectivity index (χ1n) is 9.79. The number of morpholine rings is 1. The van der Waals surface area contributed by atoms with E-state index in [1.165, 1.54) is 5.69 Å². The summed E-state index contributed by atoms with van der Waals surface area (Å²) in [5.41, 5.74) is 2.32. The van der Waals surface area contributed by atoms with Crippen LogP contribution in [0.3, 0.4) is 0 Å². The first-order valence-corrected chi connectivity index (χ1v) is 9.79. The molecule has 0 unspecified atom stereocenters. The molecule has 0 radical (unpaired) electrons. The molecule has 0 aliphatic carbocycles. The minimum absolute atomic E-state index is 0. The van der Waals surface area contributed by atoms with Gasteiger partial charge in [0, 0.05) is 45.5 Å². The Bertz CT molecular complexity index is 807. The molecule has 2 atom stereocenters. The molecule has 2 fully saturated rings. The van der Waals surface area contributed by atoms with Gasteiger partial charge in [-0.15, -0.1) is 12.4 Å². The number of nitrogens with one attached hydrogen (secondary N) is 1. The second kappa shape index (κ2) is 9.56. The van der Waals surface area contributed by atoms with Crippen LogP contribution in [0.15, 0.2) is 28.8 Å². The van der Waals surface area contributed by atoms with Gasteiger partial charge in [0.15, 0.2) is 5.82 Å². The van der Waals surface area contributed by atoms with Gasteiger partial charge in [-0.3, -0.25) is 4.79 Å². The summed E-state index contributed by atoms with van der Waals surface area (Å²) in [6.07, 6.45) is 0. The minimum Gasteiger partial charge on any atom is -0.378 e. The Morgan fingerprint density at radius 2 is 1.97 bits per heavy atom. The Balaban J connectivity index is 0.00000240. The van der Waals surface area contributed by atoms with Gasteiger partial charge in [-0.25, -0.2) is 0 Å². The van der Waals surface area contributed by atoms with E-state index < -0.39 is 0 Å². The Labute approximate surface area is 177 Å². The molecule has 2 aliphatic heterocycles. The van der Waals surface area contributed by atoms with E-state index in [1.807, 2.05) is 7.05 Å². The number of aryl methyl sites for hydroxylation is 1. The molecule has 2 aliphatic rings. The maximum atomic E-state index is 13.0. The maximum Gasteiger partial charge on any atom is 0.231 e. The number of amides is 1. The quantitative estimate of drug-likeness (QED) is 0.784. The van der Waals surface area contributed by atoms with Crippen molar-refractivity contribution in [3.05, 3.63) is 41.5 Å². The van der Waals surface area contributed by atoms with Crippen LogP contribution >= 0.6 is 12.4 Å². The van der Waals surface area contributed by atoms with Crippen molar-refractivity contribution in [2.24, 2.45) is 5.92 Å². The standard InChI is InChI=1S/C20H27N5O3.ClH/c1-14-22-19(28-23-14)17-11-21-12-18(17)20(26)24(2)13-15-3-5-16(6-4-15)25-7-9-27-10-8-25;/h3-6,17-18,21H,7-13H2,1-2H3;1H/t17-,18-;/m1./s1. The van der Waals surface area contributed by atoms with E-state index in [0.717, 1.165) is 31.9 Å². The van der Waals surface area contributed by atoms with Crippen LogP contribution in [0.1, 0.15) is 23.2 Å². The highest BCUT2D eigenvalue weighted by Crippen LogP contribution is 2.29. The van der Waals surface area contributed by atoms with E-state index >= 15 is 0 Å². The highest BCUT2D eigenvalue weighted by atomic mass is 35.5. The summed E-state index contributed by atoms with van der Waals surface area (Å²) >= 11 is 0. The molecule has 29 heavy (non-hydrogen) atoms. The van der Waals surface area contributed by atoms with E-state index in [1.54, 1.807) is 11.8 Å². The molecule has 0 bridgehead atoms. The minimum atomic E-state index is -0.183. The molecular formula is C20H28ClN5O3. The molecule has 8 nitrogen and oxygen atoms in total. The van der Waals surface area contributed by atoms with Crippen LogP contribution in [0.5, 0.6) is 0 Å². The number of aromatic nitrogens is 2. The van der Waals surface area contributed by atoms with Crippen LogP contribution < -0.4 is 10.2 Å². The van der Waals surface area contributed by atoms with Crippen molar-refractivity contribution in [1.29, 1.82) is 0 Å². The number of benzene rings is 1. The summed E-state index contributed by atoms with van der Waals surface area (Å²) in [5.74, 6) is 0.992. The third-order valence-corrected chi connectivity index (χ3v) is 5.50. The lowest BCUT2D eigenvalue weighted by atomic mass is 9.94. The SMILES string of the molecule is Cc1noc([C@@H]2CNC[C@H]2C(=O)N(C)Cc2ccc(N3CCOCC3)cc2)n1.Cl. The predicted molar refractivity (Wildman–Crippen MR) is 111 cm³/mol. The van der Waals surface area contributed by atoms with Gasteiger partial charge in [0.05, 0.1) is 25.0 Å². The Hall–Kier alpha value is -2.16. The van der Waals surface area contributed by atoms with Gasteiger partial charge in [-0.1, -0.05) is 17.3 Å². The monoisotopic (exact) mass is 421 g/mol. The number of nitrogens with zero attached hydrogens (tertiary/aromatic N) is 4. The van der Waals surface area contributed by atoms with Crippen LogP contribution in [0, 0.1) is 12.8 Å². The Kier molecular flexibility index (Phi) is 7.10. The number of halogens is 1.